The van der Waals surface area contributed by atoms with Crippen LogP contribution in [0.2, 0.25) is 0 Å². The molecule has 0 saturated heterocycles. The summed E-state index contributed by atoms with van der Waals surface area (Å²) in [4.78, 5) is 24.4. The Bertz CT molecular complexity index is 166. The van der Waals surface area contributed by atoms with Crippen molar-refractivity contribution in [3.05, 3.63) is 0 Å². The fraction of sp³-hybridized carbons (Fsp3) is 0.625. The number of carbonyl (C=O) groups excluding carboxylic acids is 2. The Morgan fingerprint density at radius 2 is 2.08 bits per heavy atom. The van der Waals surface area contributed by atoms with Gasteiger partial charge in [0.15, 0.2) is 0 Å². The van der Waals surface area contributed by atoms with Crippen LogP contribution in [0.5, 0.6) is 0 Å². The van der Waals surface area contributed by atoms with Gasteiger partial charge in [0.05, 0.1) is 0 Å². The molecule has 0 aliphatic rings. The Morgan fingerprint density at radius 3 is 2.67 bits per heavy atom. The standard InChI is InChI=1S/C8H13NO3/c1-8(11)12-9-6-4-2-3-5-7-10/h6-7H,2-5H2,1H3/b9-6+. The highest BCUT2D eigenvalue weighted by Gasteiger charge is 1.87. The zero-order chi connectivity index (χ0) is 9.23. The Labute approximate surface area is 71.6 Å². The summed E-state index contributed by atoms with van der Waals surface area (Å²) in [5.41, 5.74) is 0. The van der Waals surface area contributed by atoms with Gasteiger partial charge in [-0.2, -0.15) is 0 Å². The molecule has 0 aromatic heterocycles. The van der Waals surface area contributed by atoms with E-state index in [4.69, 9.17) is 0 Å². The predicted octanol–water partition coefficient (Wildman–Crippen LogP) is 1.29. The topological polar surface area (TPSA) is 55.7 Å². The second-order valence-corrected chi connectivity index (χ2v) is 2.32. The van der Waals surface area contributed by atoms with E-state index in [0.29, 0.717) is 6.42 Å². The molecule has 0 unspecified atom stereocenters. The smallest absolute Gasteiger partial charge is 0.319 e. The lowest BCUT2D eigenvalue weighted by atomic mass is 10.2. The van der Waals surface area contributed by atoms with Crippen molar-refractivity contribution in [3.63, 3.8) is 0 Å². The van der Waals surface area contributed by atoms with Crippen LogP contribution in [0, 0.1) is 0 Å². The van der Waals surface area contributed by atoms with E-state index in [0.717, 1.165) is 25.5 Å². The first kappa shape index (κ1) is 10.8. The van der Waals surface area contributed by atoms with Gasteiger partial charge in [-0.3, -0.25) is 0 Å². The zero-order valence-electron chi connectivity index (χ0n) is 7.16. The van der Waals surface area contributed by atoms with Gasteiger partial charge < -0.3 is 9.63 Å². The fourth-order valence-electron chi connectivity index (χ4n) is 0.627. The zero-order valence-corrected chi connectivity index (χ0v) is 7.16. The molecule has 68 valence electrons. The van der Waals surface area contributed by atoms with E-state index in [2.05, 4.69) is 9.99 Å². The number of hydrogen-bond acceptors (Lipinski definition) is 4. The minimum Gasteiger partial charge on any atom is -0.319 e. The summed E-state index contributed by atoms with van der Waals surface area (Å²) < 4.78 is 0. The molecule has 0 heterocycles. The molecular weight excluding hydrogens is 158 g/mol. The highest BCUT2D eigenvalue weighted by Crippen LogP contribution is 1.95. The summed E-state index contributed by atoms with van der Waals surface area (Å²) >= 11 is 0. The van der Waals surface area contributed by atoms with Crippen molar-refractivity contribution in [1.29, 1.82) is 0 Å². The fourth-order valence-corrected chi connectivity index (χ4v) is 0.627. The van der Waals surface area contributed by atoms with E-state index in [-0.39, 0.29) is 0 Å². The van der Waals surface area contributed by atoms with Gasteiger partial charge >= 0.3 is 5.97 Å². The molecule has 0 aromatic carbocycles. The van der Waals surface area contributed by atoms with Crippen LogP contribution in [0.4, 0.5) is 0 Å². The Hall–Kier alpha value is -1.19. The number of oxime groups is 1. The lowest BCUT2D eigenvalue weighted by Gasteiger charge is -1.90. The Balaban J connectivity index is 3.13. The minimum atomic E-state index is -0.417. The van der Waals surface area contributed by atoms with E-state index in [1.165, 1.54) is 13.1 Å². The summed E-state index contributed by atoms with van der Waals surface area (Å²) in [6.45, 7) is 1.30. The quantitative estimate of drug-likeness (QED) is 0.199. The van der Waals surface area contributed by atoms with Gasteiger partial charge in [0.2, 0.25) is 0 Å². The number of rotatable bonds is 6. The maximum Gasteiger partial charge on any atom is 0.331 e. The average Bonchev–Trinajstić information content (AvgIpc) is 2.02. The van der Waals surface area contributed by atoms with Crippen molar-refractivity contribution in [2.24, 2.45) is 5.16 Å². The van der Waals surface area contributed by atoms with E-state index < -0.39 is 5.97 Å². The number of carbonyl (C=O) groups is 2. The van der Waals surface area contributed by atoms with Gasteiger partial charge in [-0.25, -0.2) is 4.79 Å². The highest BCUT2D eigenvalue weighted by atomic mass is 16.7. The van der Waals surface area contributed by atoms with Crippen molar-refractivity contribution >= 4 is 18.5 Å². The third kappa shape index (κ3) is 8.81. The van der Waals surface area contributed by atoms with Crippen molar-refractivity contribution in [2.45, 2.75) is 32.6 Å². The molecule has 4 nitrogen and oxygen atoms in total. The SMILES string of the molecule is CC(=O)O/N=C/CCCCC=O. The first-order valence-electron chi connectivity index (χ1n) is 3.90. The summed E-state index contributed by atoms with van der Waals surface area (Å²) in [7, 11) is 0. The van der Waals surface area contributed by atoms with Crippen LogP contribution in [0.15, 0.2) is 5.16 Å². The molecule has 0 fully saturated rings. The lowest BCUT2D eigenvalue weighted by Crippen LogP contribution is -1.91. The molecule has 0 spiro atoms. The van der Waals surface area contributed by atoms with Crippen LogP contribution < -0.4 is 0 Å². The van der Waals surface area contributed by atoms with E-state index in [1.54, 1.807) is 0 Å². The largest absolute Gasteiger partial charge is 0.331 e. The van der Waals surface area contributed by atoms with Crippen LogP contribution >= 0.6 is 0 Å². The van der Waals surface area contributed by atoms with Crippen LogP contribution in [0.1, 0.15) is 32.6 Å². The summed E-state index contributed by atoms with van der Waals surface area (Å²) in [6, 6.07) is 0. The summed E-state index contributed by atoms with van der Waals surface area (Å²) in [6.07, 6.45) is 5.50. The van der Waals surface area contributed by atoms with Gasteiger partial charge in [-0.1, -0.05) is 5.16 Å². The second-order valence-electron chi connectivity index (χ2n) is 2.32. The molecule has 0 aromatic rings. The van der Waals surface area contributed by atoms with E-state index in [9.17, 15) is 9.59 Å². The number of nitrogens with zero attached hydrogens (tertiary/aromatic N) is 1. The molecule has 0 amide bonds. The molecule has 0 saturated carbocycles. The molecule has 0 bridgehead atoms. The summed E-state index contributed by atoms with van der Waals surface area (Å²) in [5.74, 6) is -0.417. The monoisotopic (exact) mass is 171 g/mol. The number of hydrogen-bond donors (Lipinski definition) is 0. The minimum absolute atomic E-state index is 0.417. The van der Waals surface area contributed by atoms with Gasteiger partial charge in [0.25, 0.3) is 0 Å². The molecule has 0 radical (unpaired) electrons. The molecule has 0 atom stereocenters. The third-order valence-electron chi connectivity index (χ3n) is 1.16. The Morgan fingerprint density at radius 1 is 1.42 bits per heavy atom. The van der Waals surface area contributed by atoms with Crippen molar-refractivity contribution in [3.8, 4) is 0 Å². The lowest BCUT2D eigenvalue weighted by molar-refractivity contribution is -0.140. The number of unbranched alkanes of at least 4 members (excludes halogenated alkanes) is 3. The first-order valence-corrected chi connectivity index (χ1v) is 3.90. The second kappa shape index (κ2) is 7.91. The molecule has 0 aliphatic heterocycles. The van der Waals surface area contributed by atoms with Gasteiger partial charge in [0.1, 0.15) is 6.29 Å². The van der Waals surface area contributed by atoms with Crippen LogP contribution in [0.3, 0.4) is 0 Å². The predicted molar refractivity (Wildman–Crippen MR) is 44.8 cm³/mol. The molecule has 4 heteroatoms. The Kier molecular flexibility index (Phi) is 7.13. The number of aldehydes is 1. The third-order valence-corrected chi connectivity index (χ3v) is 1.16. The van der Waals surface area contributed by atoms with Crippen LogP contribution in [-0.2, 0) is 14.4 Å². The van der Waals surface area contributed by atoms with Crippen LogP contribution in [-0.4, -0.2) is 18.5 Å². The summed E-state index contributed by atoms with van der Waals surface area (Å²) in [5, 5.41) is 3.41. The van der Waals surface area contributed by atoms with E-state index in [1.807, 2.05) is 0 Å². The first-order chi connectivity index (χ1) is 5.77. The molecule has 0 aliphatic carbocycles. The molecule has 0 rings (SSSR count). The van der Waals surface area contributed by atoms with Gasteiger partial charge in [-0.05, 0) is 19.3 Å². The van der Waals surface area contributed by atoms with Crippen molar-refractivity contribution in [2.75, 3.05) is 0 Å². The van der Waals surface area contributed by atoms with Gasteiger partial charge in [-0.15, -0.1) is 0 Å². The highest BCUT2D eigenvalue weighted by molar-refractivity contribution is 5.67. The molecule has 0 N–H and O–H groups in total. The molecular formula is C8H13NO3. The van der Waals surface area contributed by atoms with Crippen molar-refractivity contribution in [1.82, 2.24) is 0 Å². The maximum absolute atomic E-state index is 10.2. The maximum atomic E-state index is 10.2. The average molecular weight is 171 g/mol. The molecule has 12 heavy (non-hydrogen) atoms. The normalized spacial score (nSPS) is 10.1. The van der Waals surface area contributed by atoms with Crippen molar-refractivity contribution < 1.29 is 14.4 Å². The van der Waals surface area contributed by atoms with Crippen LogP contribution in [0.25, 0.3) is 0 Å². The van der Waals surface area contributed by atoms with Gasteiger partial charge in [0, 0.05) is 19.6 Å². The van der Waals surface area contributed by atoms with E-state index >= 15 is 0 Å².